The first-order chi connectivity index (χ1) is 6.52. The third-order valence-corrected chi connectivity index (χ3v) is 3.98. The lowest BCUT2D eigenvalue weighted by atomic mass is 9.69. The summed E-state index contributed by atoms with van der Waals surface area (Å²) in [6.07, 6.45) is 2.38. The summed E-state index contributed by atoms with van der Waals surface area (Å²) in [7, 11) is 0. The molecule has 4 atom stereocenters. The second-order valence-corrected chi connectivity index (χ2v) is 4.89. The Morgan fingerprint density at radius 3 is 2.50 bits per heavy atom. The molecule has 1 fully saturated rings. The molecular weight excluding hydrogens is 200 g/mol. The molecule has 1 aliphatic rings. The number of halogens is 1. The van der Waals surface area contributed by atoms with E-state index >= 15 is 0 Å². The minimum absolute atomic E-state index is 0.487. The Morgan fingerprint density at radius 2 is 1.93 bits per heavy atom. The first kappa shape index (κ1) is 11.8. The van der Waals surface area contributed by atoms with Crippen LogP contribution in [0.15, 0.2) is 0 Å². The van der Waals surface area contributed by atoms with Crippen molar-refractivity contribution in [2.45, 2.75) is 33.6 Å². The summed E-state index contributed by atoms with van der Waals surface area (Å²) in [5, 5.41) is 0. The Hall–Kier alpha value is -0.240. The first-order valence-corrected chi connectivity index (χ1v) is 5.72. The molecule has 0 aliphatic heterocycles. The molecule has 1 aliphatic carbocycles. The van der Waals surface area contributed by atoms with Gasteiger partial charge in [0.25, 0.3) is 0 Å². The number of ether oxygens (including phenoxy) is 1. The Kier molecular flexibility index (Phi) is 4.24. The molecule has 0 spiro atoms. The third-order valence-electron chi connectivity index (χ3n) is 3.87. The van der Waals surface area contributed by atoms with E-state index < -0.39 is 5.43 Å². The predicted molar refractivity (Wildman–Crippen MR) is 57.4 cm³/mol. The quantitative estimate of drug-likeness (QED) is 0.661. The van der Waals surface area contributed by atoms with Crippen LogP contribution in [0.2, 0.25) is 0 Å². The van der Waals surface area contributed by atoms with Crippen molar-refractivity contribution < 1.29 is 9.53 Å². The summed E-state index contributed by atoms with van der Waals surface area (Å²) < 4.78 is 4.86. The van der Waals surface area contributed by atoms with Gasteiger partial charge in [-0.1, -0.05) is 27.2 Å². The molecule has 3 heteroatoms. The summed E-state index contributed by atoms with van der Waals surface area (Å²) in [5.41, 5.74) is -0.677. The molecule has 0 bridgehead atoms. The second kappa shape index (κ2) is 5.01. The summed E-state index contributed by atoms with van der Waals surface area (Å²) in [6.45, 7) is 7.31. The predicted octanol–water partition coefficient (Wildman–Crippen LogP) is 3.68. The molecule has 0 radical (unpaired) electrons. The van der Waals surface area contributed by atoms with Crippen molar-refractivity contribution in [3.8, 4) is 0 Å². The van der Waals surface area contributed by atoms with Crippen LogP contribution in [-0.2, 0) is 4.74 Å². The fraction of sp³-hybridized carbons (Fsp3) is 0.909. The number of rotatable bonds is 2. The van der Waals surface area contributed by atoms with Crippen molar-refractivity contribution in [2.24, 2.45) is 23.7 Å². The van der Waals surface area contributed by atoms with Crippen LogP contribution in [0, 0.1) is 23.7 Å². The maximum Gasteiger partial charge on any atom is 0.403 e. The van der Waals surface area contributed by atoms with Crippen molar-refractivity contribution in [2.75, 3.05) is 6.61 Å². The summed E-state index contributed by atoms with van der Waals surface area (Å²) in [4.78, 5) is 10.5. The third kappa shape index (κ3) is 2.88. The van der Waals surface area contributed by atoms with Gasteiger partial charge < -0.3 is 4.74 Å². The minimum atomic E-state index is -0.677. The van der Waals surface area contributed by atoms with E-state index in [2.05, 4.69) is 20.8 Å². The Labute approximate surface area is 91.0 Å². The van der Waals surface area contributed by atoms with E-state index in [1.54, 1.807) is 0 Å². The van der Waals surface area contributed by atoms with Crippen LogP contribution < -0.4 is 0 Å². The fourth-order valence-electron chi connectivity index (χ4n) is 2.36. The molecule has 14 heavy (non-hydrogen) atoms. The van der Waals surface area contributed by atoms with Gasteiger partial charge in [-0.15, -0.1) is 0 Å². The SMILES string of the molecule is CC1CCC(COC(=O)Cl)C(C)C1C. The van der Waals surface area contributed by atoms with Crippen LogP contribution in [-0.4, -0.2) is 12.0 Å². The first-order valence-electron chi connectivity index (χ1n) is 5.34. The number of hydrogen-bond donors (Lipinski definition) is 0. The zero-order valence-corrected chi connectivity index (χ0v) is 9.88. The van der Waals surface area contributed by atoms with Crippen molar-refractivity contribution in [1.29, 1.82) is 0 Å². The van der Waals surface area contributed by atoms with Crippen LogP contribution in [0.3, 0.4) is 0 Å². The zero-order valence-electron chi connectivity index (χ0n) is 9.13. The van der Waals surface area contributed by atoms with Crippen molar-refractivity contribution in [3.63, 3.8) is 0 Å². The van der Waals surface area contributed by atoms with E-state index in [9.17, 15) is 4.79 Å². The molecule has 1 rings (SSSR count). The molecule has 0 N–H and O–H groups in total. The monoisotopic (exact) mass is 218 g/mol. The van der Waals surface area contributed by atoms with Gasteiger partial charge in [-0.05, 0) is 30.1 Å². The van der Waals surface area contributed by atoms with E-state index in [0.29, 0.717) is 24.4 Å². The molecule has 0 aromatic heterocycles. The number of carbonyl (C=O) groups is 1. The zero-order chi connectivity index (χ0) is 10.7. The molecule has 2 nitrogen and oxygen atoms in total. The maximum absolute atomic E-state index is 10.5. The molecular formula is C11H19ClO2. The van der Waals surface area contributed by atoms with Gasteiger partial charge in [0.2, 0.25) is 0 Å². The molecule has 0 amide bonds. The highest BCUT2D eigenvalue weighted by Gasteiger charge is 2.32. The molecule has 0 saturated heterocycles. The Balaban J connectivity index is 2.42. The lowest BCUT2D eigenvalue weighted by molar-refractivity contribution is 0.0669. The standard InChI is InChI=1S/C11H19ClO2/c1-7-4-5-10(6-14-11(12)13)9(3)8(7)2/h7-10H,4-6H2,1-3H3. The van der Waals surface area contributed by atoms with Gasteiger partial charge in [0, 0.05) is 11.6 Å². The lowest BCUT2D eigenvalue weighted by Gasteiger charge is -2.37. The Morgan fingerprint density at radius 1 is 1.29 bits per heavy atom. The van der Waals surface area contributed by atoms with Crippen molar-refractivity contribution in [1.82, 2.24) is 0 Å². The molecule has 0 aromatic rings. The number of carbonyl (C=O) groups excluding carboxylic acids is 1. The molecule has 0 aromatic carbocycles. The van der Waals surface area contributed by atoms with Gasteiger partial charge in [-0.25, -0.2) is 4.79 Å². The molecule has 1 saturated carbocycles. The highest BCUT2D eigenvalue weighted by atomic mass is 35.5. The van der Waals surface area contributed by atoms with Gasteiger partial charge in [0.1, 0.15) is 0 Å². The number of hydrogen-bond acceptors (Lipinski definition) is 2. The summed E-state index contributed by atoms with van der Waals surface area (Å²) >= 11 is 5.15. The average Bonchev–Trinajstić information content (AvgIpc) is 2.13. The fourth-order valence-corrected chi connectivity index (χ4v) is 2.42. The van der Waals surface area contributed by atoms with Crippen molar-refractivity contribution >= 4 is 17.0 Å². The molecule has 0 heterocycles. The van der Waals surface area contributed by atoms with Crippen LogP contribution >= 0.6 is 11.6 Å². The highest BCUT2D eigenvalue weighted by Crippen LogP contribution is 2.38. The van der Waals surface area contributed by atoms with Gasteiger partial charge in [0.05, 0.1) is 6.61 Å². The normalized spacial score (nSPS) is 38.0. The van der Waals surface area contributed by atoms with E-state index in [1.165, 1.54) is 6.42 Å². The van der Waals surface area contributed by atoms with E-state index in [0.717, 1.165) is 12.3 Å². The van der Waals surface area contributed by atoms with Crippen LogP contribution in [0.25, 0.3) is 0 Å². The van der Waals surface area contributed by atoms with Gasteiger partial charge in [-0.3, -0.25) is 0 Å². The molecule has 4 unspecified atom stereocenters. The minimum Gasteiger partial charge on any atom is -0.453 e. The van der Waals surface area contributed by atoms with E-state index in [1.807, 2.05) is 0 Å². The lowest BCUT2D eigenvalue weighted by Crippen LogP contribution is -2.32. The van der Waals surface area contributed by atoms with E-state index in [-0.39, 0.29) is 0 Å². The molecule has 82 valence electrons. The van der Waals surface area contributed by atoms with Crippen LogP contribution in [0.4, 0.5) is 4.79 Å². The average molecular weight is 219 g/mol. The Bertz CT molecular complexity index is 205. The van der Waals surface area contributed by atoms with Crippen molar-refractivity contribution in [3.05, 3.63) is 0 Å². The topological polar surface area (TPSA) is 26.3 Å². The summed E-state index contributed by atoms with van der Waals surface area (Å²) in [5.74, 6) is 2.61. The largest absolute Gasteiger partial charge is 0.453 e. The van der Waals surface area contributed by atoms with Crippen LogP contribution in [0.1, 0.15) is 33.6 Å². The summed E-state index contributed by atoms with van der Waals surface area (Å²) in [6, 6.07) is 0. The van der Waals surface area contributed by atoms with Gasteiger partial charge >= 0.3 is 5.43 Å². The van der Waals surface area contributed by atoms with E-state index in [4.69, 9.17) is 16.3 Å². The van der Waals surface area contributed by atoms with Crippen LogP contribution in [0.5, 0.6) is 0 Å². The second-order valence-electron chi connectivity index (χ2n) is 4.58. The highest BCUT2D eigenvalue weighted by molar-refractivity contribution is 6.61. The van der Waals surface area contributed by atoms with Gasteiger partial charge in [0.15, 0.2) is 0 Å². The van der Waals surface area contributed by atoms with Gasteiger partial charge in [-0.2, -0.15) is 0 Å². The maximum atomic E-state index is 10.5. The smallest absolute Gasteiger partial charge is 0.403 e.